The van der Waals surface area contributed by atoms with Crippen LogP contribution in [-0.4, -0.2) is 24.2 Å². The molecule has 0 bridgehead atoms. The molecule has 0 aliphatic carbocycles. The maximum Gasteiger partial charge on any atom is 0.319 e. The molecule has 0 saturated carbocycles. The first kappa shape index (κ1) is 17.3. The molecule has 3 amide bonds. The van der Waals surface area contributed by atoms with Crippen LogP contribution in [0.1, 0.15) is 18.5 Å². The van der Waals surface area contributed by atoms with Crippen LogP contribution in [-0.2, 0) is 4.79 Å². The quantitative estimate of drug-likeness (QED) is 0.679. The molecule has 2 aromatic carbocycles. The number of carbonyl (C=O) groups excluding carboxylic acids is 2. The molecule has 4 N–H and O–H groups in total. The number of hydrogen-bond acceptors (Lipinski definition) is 4. The van der Waals surface area contributed by atoms with Crippen LogP contribution in [0.15, 0.2) is 59.8 Å². The summed E-state index contributed by atoms with van der Waals surface area (Å²) < 4.78 is 5.10. The summed E-state index contributed by atoms with van der Waals surface area (Å²) in [6, 6.07) is 12.3. The Labute approximate surface area is 150 Å². The Balaban J connectivity index is 1.91. The first-order valence-corrected chi connectivity index (χ1v) is 8.00. The average Bonchev–Trinajstić information content (AvgIpc) is 2.61. The lowest BCUT2D eigenvalue weighted by atomic mass is 9.94. The first-order chi connectivity index (χ1) is 12.5. The normalized spacial score (nSPS) is 16.5. The third-order valence-corrected chi connectivity index (χ3v) is 4.07. The van der Waals surface area contributed by atoms with Gasteiger partial charge in [-0.15, -0.1) is 0 Å². The van der Waals surface area contributed by atoms with Gasteiger partial charge in [0.05, 0.1) is 18.7 Å². The summed E-state index contributed by atoms with van der Waals surface area (Å²) in [5.41, 5.74) is 2.03. The molecule has 1 aliphatic rings. The van der Waals surface area contributed by atoms with Gasteiger partial charge in [0, 0.05) is 11.4 Å². The van der Waals surface area contributed by atoms with Gasteiger partial charge in [0.15, 0.2) is 0 Å². The van der Waals surface area contributed by atoms with E-state index < -0.39 is 12.1 Å². The molecule has 2 aromatic rings. The van der Waals surface area contributed by atoms with Crippen LogP contribution in [0.2, 0.25) is 0 Å². The fourth-order valence-corrected chi connectivity index (χ4v) is 2.82. The number of ether oxygens (including phenoxy) is 1. The smallest absolute Gasteiger partial charge is 0.319 e. The standard InChI is InChI=1S/C19H19N3O4/c1-11-16(18(24)21-13-6-8-15(26-2)9-7-13)17(22-19(25)20-11)12-4-3-5-14(23)10-12/h3-10,17,23H,1-2H3,(H,21,24)(H2,20,22,25)/t17-/m1/s1. The molecule has 0 saturated heterocycles. The molecule has 0 fully saturated rings. The molecule has 7 heteroatoms. The van der Waals surface area contributed by atoms with Crippen molar-refractivity contribution in [3.05, 3.63) is 65.4 Å². The highest BCUT2D eigenvalue weighted by Gasteiger charge is 2.31. The minimum Gasteiger partial charge on any atom is -0.508 e. The lowest BCUT2D eigenvalue weighted by Gasteiger charge is -2.28. The second kappa shape index (κ2) is 7.18. The van der Waals surface area contributed by atoms with Crippen LogP contribution in [0.4, 0.5) is 10.5 Å². The van der Waals surface area contributed by atoms with Crippen LogP contribution >= 0.6 is 0 Å². The minimum atomic E-state index is -0.672. The SMILES string of the molecule is COc1ccc(NC(=O)C2=C(C)NC(=O)N[C@@H]2c2cccc(O)c2)cc1. The first-order valence-electron chi connectivity index (χ1n) is 8.00. The van der Waals surface area contributed by atoms with Crippen LogP contribution < -0.4 is 20.7 Å². The van der Waals surface area contributed by atoms with Gasteiger partial charge in [0.2, 0.25) is 0 Å². The van der Waals surface area contributed by atoms with Gasteiger partial charge in [-0.05, 0) is 48.9 Å². The number of aromatic hydroxyl groups is 1. The molecule has 1 heterocycles. The minimum absolute atomic E-state index is 0.0582. The maximum atomic E-state index is 12.9. The Morgan fingerprint density at radius 3 is 2.58 bits per heavy atom. The highest BCUT2D eigenvalue weighted by molar-refractivity contribution is 6.06. The summed E-state index contributed by atoms with van der Waals surface area (Å²) in [5.74, 6) is 0.388. The van der Waals surface area contributed by atoms with Crippen molar-refractivity contribution >= 4 is 17.6 Å². The summed E-state index contributed by atoms with van der Waals surface area (Å²) in [5, 5.41) is 17.9. The maximum absolute atomic E-state index is 12.9. The summed E-state index contributed by atoms with van der Waals surface area (Å²) in [4.78, 5) is 24.7. The highest BCUT2D eigenvalue weighted by Crippen LogP contribution is 2.29. The van der Waals surface area contributed by atoms with Crippen molar-refractivity contribution in [3.8, 4) is 11.5 Å². The van der Waals surface area contributed by atoms with Crippen LogP contribution in [0, 0.1) is 0 Å². The number of carbonyl (C=O) groups is 2. The van der Waals surface area contributed by atoms with Gasteiger partial charge in [-0.25, -0.2) is 4.79 Å². The van der Waals surface area contributed by atoms with Gasteiger partial charge in [-0.2, -0.15) is 0 Å². The number of amides is 3. The predicted octanol–water partition coefficient (Wildman–Crippen LogP) is 2.67. The fourth-order valence-electron chi connectivity index (χ4n) is 2.82. The van der Waals surface area contributed by atoms with Crippen LogP contribution in [0.3, 0.4) is 0 Å². The van der Waals surface area contributed by atoms with E-state index in [1.165, 1.54) is 12.1 Å². The van der Waals surface area contributed by atoms with Crippen LogP contribution in [0.25, 0.3) is 0 Å². The Bertz CT molecular complexity index is 875. The second-order valence-electron chi connectivity index (χ2n) is 5.85. The van der Waals surface area contributed by atoms with Crippen molar-refractivity contribution in [1.29, 1.82) is 0 Å². The predicted molar refractivity (Wildman–Crippen MR) is 96.8 cm³/mol. The number of phenols is 1. The zero-order valence-corrected chi connectivity index (χ0v) is 14.4. The summed E-state index contributed by atoms with van der Waals surface area (Å²) in [7, 11) is 1.57. The van der Waals surface area contributed by atoms with E-state index in [0.29, 0.717) is 28.3 Å². The number of rotatable bonds is 4. The lowest BCUT2D eigenvalue weighted by molar-refractivity contribution is -0.113. The van der Waals surface area contributed by atoms with E-state index in [0.717, 1.165) is 0 Å². The van der Waals surface area contributed by atoms with E-state index in [1.54, 1.807) is 50.4 Å². The van der Waals surface area contributed by atoms with Gasteiger partial charge in [0.1, 0.15) is 11.5 Å². The zero-order chi connectivity index (χ0) is 18.7. The molecule has 1 atom stereocenters. The van der Waals surface area contributed by atoms with E-state index in [2.05, 4.69) is 16.0 Å². The van der Waals surface area contributed by atoms with E-state index in [9.17, 15) is 14.7 Å². The number of nitrogens with one attached hydrogen (secondary N) is 3. The van der Waals surface area contributed by atoms with E-state index >= 15 is 0 Å². The molecule has 0 radical (unpaired) electrons. The molecular weight excluding hydrogens is 334 g/mol. The molecule has 7 nitrogen and oxygen atoms in total. The van der Waals surface area contributed by atoms with Crippen molar-refractivity contribution in [1.82, 2.24) is 10.6 Å². The number of benzene rings is 2. The van der Waals surface area contributed by atoms with Crippen LogP contribution in [0.5, 0.6) is 11.5 Å². The Hall–Kier alpha value is -3.48. The van der Waals surface area contributed by atoms with Crippen molar-refractivity contribution in [3.63, 3.8) is 0 Å². The molecule has 0 spiro atoms. The van der Waals surface area contributed by atoms with Gasteiger partial charge in [0.25, 0.3) is 5.91 Å². The fraction of sp³-hybridized carbons (Fsp3) is 0.158. The highest BCUT2D eigenvalue weighted by atomic mass is 16.5. The molecule has 1 aliphatic heterocycles. The molecule has 0 aromatic heterocycles. The molecular formula is C19H19N3O4. The third kappa shape index (κ3) is 3.61. The van der Waals surface area contributed by atoms with E-state index in [-0.39, 0.29) is 11.7 Å². The summed E-state index contributed by atoms with van der Waals surface area (Å²) in [6.07, 6.45) is 0. The second-order valence-corrected chi connectivity index (χ2v) is 5.85. The Kier molecular flexibility index (Phi) is 4.79. The summed E-state index contributed by atoms with van der Waals surface area (Å²) in [6.45, 7) is 1.66. The number of phenolic OH excluding ortho intramolecular Hbond substituents is 1. The van der Waals surface area contributed by atoms with E-state index in [1.807, 2.05) is 0 Å². The van der Waals surface area contributed by atoms with E-state index in [4.69, 9.17) is 4.74 Å². The van der Waals surface area contributed by atoms with Gasteiger partial charge in [-0.1, -0.05) is 12.1 Å². The number of anilines is 1. The number of hydrogen-bond donors (Lipinski definition) is 4. The molecule has 134 valence electrons. The zero-order valence-electron chi connectivity index (χ0n) is 14.4. The summed E-state index contributed by atoms with van der Waals surface area (Å²) >= 11 is 0. The number of methoxy groups -OCH3 is 1. The average molecular weight is 353 g/mol. The Morgan fingerprint density at radius 2 is 1.92 bits per heavy atom. The van der Waals surface area contributed by atoms with Gasteiger partial charge < -0.3 is 25.8 Å². The molecule has 26 heavy (non-hydrogen) atoms. The number of urea groups is 1. The third-order valence-electron chi connectivity index (χ3n) is 4.07. The topological polar surface area (TPSA) is 99.7 Å². The Morgan fingerprint density at radius 1 is 1.19 bits per heavy atom. The van der Waals surface area contributed by atoms with Gasteiger partial charge >= 0.3 is 6.03 Å². The number of allylic oxidation sites excluding steroid dienone is 1. The van der Waals surface area contributed by atoms with Gasteiger partial charge in [-0.3, -0.25) is 4.79 Å². The monoisotopic (exact) mass is 353 g/mol. The largest absolute Gasteiger partial charge is 0.508 e. The van der Waals surface area contributed by atoms with Crippen molar-refractivity contribution in [2.75, 3.05) is 12.4 Å². The lowest BCUT2D eigenvalue weighted by Crippen LogP contribution is -2.45. The molecule has 0 unspecified atom stereocenters. The van der Waals surface area contributed by atoms with Crippen molar-refractivity contribution in [2.24, 2.45) is 0 Å². The van der Waals surface area contributed by atoms with Crippen molar-refractivity contribution < 1.29 is 19.4 Å². The van der Waals surface area contributed by atoms with Crippen molar-refractivity contribution in [2.45, 2.75) is 13.0 Å². The molecule has 3 rings (SSSR count).